The zero-order valence-corrected chi connectivity index (χ0v) is 12.0. The average molecular weight is 279 g/mol. The molecule has 0 bridgehead atoms. The van der Waals surface area contributed by atoms with Gasteiger partial charge in [0.2, 0.25) is 0 Å². The molecule has 0 aromatic heterocycles. The molecule has 5 nitrogen and oxygen atoms in total. The van der Waals surface area contributed by atoms with Crippen LogP contribution in [0, 0.1) is 0 Å². The van der Waals surface area contributed by atoms with E-state index in [4.69, 9.17) is 5.11 Å². The Morgan fingerprint density at radius 1 is 1.20 bits per heavy atom. The molecule has 20 heavy (non-hydrogen) atoms. The average Bonchev–Trinajstić information content (AvgIpc) is 2.48. The Morgan fingerprint density at radius 2 is 1.80 bits per heavy atom. The Bertz CT molecular complexity index is 389. The molecule has 1 aliphatic heterocycles. The summed E-state index contributed by atoms with van der Waals surface area (Å²) < 4.78 is 0. The van der Waals surface area contributed by atoms with Gasteiger partial charge in [-0.05, 0) is 57.2 Å². The number of aliphatic hydroxyl groups excluding tert-OH is 2. The van der Waals surface area contributed by atoms with Crippen molar-refractivity contribution in [3.05, 3.63) is 24.3 Å². The van der Waals surface area contributed by atoms with Gasteiger partial charge in [-0.1, -0.05) is 0 Å². The van der Waals surface area contributed by atoms with Crippen molar-refractivity contribution in [2.45, 2.75) is 25.0 Å². The number of anilines is 2. The highest BCUT2D eigenvalue weighted by atomic mass is 16.3. The topological polar surface area (TPSA) is 67.8 Å². The minimum absolute atomic E-state index is 0.219. The number of aliphatic hydroxyl groups is 2. The monoisotopic (exact) mass is 279 g/mol. The summed E-state index contributed by atoms with van der Waals surface area (Å²) in [7, 11) is 2.16. The Kier molecular flexibility index (Phi) is 5.64. The van der Waals surface area contributed by atoms with Gasteiger partial charge < -0.3 is 25.7 Å². The molecule has 1 heterocycles. The SMILES string of the molecule is CN1CCC(Nc2ccc(NCC(O)CO)cc2)CC1. The summed E-state index contributed by atoms with van der Waals surface area (Å²) in [6, 6.07) is 8.63. The van der Waals surface area contributed by atoms with Gasteiger partial charge in [-0.25, -0.2) is 0 Å². The first kappa shape index (κ1) is 15.1. The van der Waals surface area contributed by atoms with Crippen molar-refractivity contribution in [2.75, 3.05) is 43.9 Å². The van der Waals surface area contributed by atoms with Gasteiger partial charge in [0.15, 0.2) is 0 Å². The number of likely N-dealkylation sites (tertiary alicyclic amines) is 1. The Morgan fingerprint density at radius 3 is 2.40 bits per heavy atom. The molecule has 0 aliphatic carbocycles. The molecule has 1 saturated heterocycles. The summed E-state index contributed by atoms with van der Waals surface area (Å²) in [5, 5.41) is 24.7. The largest absolute Gasteiger partial charge is 0.394 e. The van der Waals surface area contributed by atoms with Crippen molar-refractivity contribution in [1.29, 1.82) is 0 Å². The molecule has 2 rings (SSSR count). The van der Waals surface area contributed by atoms with Gasteiger partial charge in [-0.3, -0.25) is 0 Å². The number of piperidine rings is 1. The number of nitrogens with zero attached hydrogens (tertiary/aromatic N) is 1. The van der Waals surface area contributed by atoms with E-state index in [-0.39, 0.29) is 6.61 Å². The summed E-state index contributed by atoms with van der Waals surface area (Å²) in [6.45, 7) is 2.44. The van der Waals surface area contributed by atoms with E-state index in [9.17, 15) is 5.11 Å². The van der Waals surface area contributed by atoms with Gasteiger partial charge in [0.25, 0.3) is 0 Å². The summed E-state index contributed by atoms with van der Waals surface area (Å²) in [5.41, 5.74) is 2.08. The second kappa shape index (κ2) is 7.47. The van der Waals surface area contributed by atoms with Gasteiger partial charge in [0.1, 0.15) is 0 Å². The summed E-state index contributed by atoms with van der Waals surface area (Å²) in [4.78, 5) is 2.36. The lowest BCUT2D eigenvalue weighted by Crippen LogP contribution is -2.36. The molecule has 1 atom stereocenters. The summed E-state index contributed by atoms with van der Waals surface area (Å²) >= 11 is 0. The van der Waals surface area contributed by atoms with Crippen LogP contribution in [0.15, 0.2) is 24.3 Å². The fourth-order valence-corrected chi connectivity index (χ4v) is 2.37. The highest BCUT2D eigenvalue weighted by Crippen LogP contribution is 2.18. The molecular weight excluding hydrogens is 254 g/mol. The minimum atomic E-state index is -0.716. The van der Waals surface area contributed by atoms with E-state index >= 15 is 0 Å². The quantitative estimate of drug-likeness (QED) is 0.624. The van der Waals surface area contributed by atoms with Gasteiger partial charge in [-0.15, -0.1) is 0 Å². The third-order valence-electron chi connectivity index (χ3n) is 3.73. The van der Waals surface area contributed by atoms with Crippen LogP contribution in [0.5, 0.6) is 0 Å². The lowest BCUT2D eigenvalue weighted by Gasteiger charge is -2.30. The summed E-state index contributed by atoms with van der Waals surface area (Å²) in [6.07, 6.45) is 1.64. The first-order valence-electron chi connectivity index (χ1n) is 7.25. The molecule has 1 aliphatic rings. The Labute approximate surface area is 120 Å². The Hall–Kier alpha value is -1.30. The van der Waals surface area contributed by atoms with E-state index in [0.29, 0.717) is 12.6 Å². The van der Waals surface area contributed by atoms with Crippen LogP contribution in [0.1, 0.15) is 12.8 Å². The highest BCUT2D eigenvalue weighted by molar-refractivity contribution is 5.54. The minimum Gasteiger partial charge on any atom is -0.394 e. The molecule has 1 aromatic rings. The predicted molar refractivity (Wildman–Crippen MR) is 82.2 cm³/mol. The number of hydrogen-bond donors (Lipinski definition) is 4. The lowest BCUT2D eigenvalue weighted by atomic mass is 10.1. The van der Waals surface area contributed by atoms with Crippen LogP contribution < -0.4 is 10.6 Å². The summed E-state index contributed by atoms with van der Waals surface area (Å²) in [5.74, 6) is 0. The third kappa shape index (κ3) is 4.67. The fraction of sp³-hybridized carbons (Fsp3) is 0.600. The second-order valence-electron chi connectivity index (χ2n) is 5.52. The van der Waals surface area contributed by atoms with Crippen LogP contribution in [-0.2, 0) is 0 Å². The first-order chi connectivity index (χ1) is 9.67. The molecule has 0 spiro atoms. The van der Waals surface area contributed by atoms with Gasteiger partial charge in [0.05, 0.1) is 12.7 Å². The van der Waals surface area contributed by atoms with Crippen molar-refractivity contribution < 1.29 is 10.2 Å². The van der Waals surface area contributed by atoms with Crippen molar-refractivity contribution >= 4 is 11.4 Å². The van der Waals surface area contributed by atoms with Crippen LogP contribution in [0.25, 0.3) is 0 Å². The van der Waals surface area contributed by atoms with Crippen molar-refractivity contribution in [2.24, 2.45) is 0 Å². The number of rotatable bonds is 6. The predicted octanol–water partition coefficient (Wildman–Crippen LogP) is 0.958. The highest BCUT2D eigenvalue weighted by Gasteiger charge is 2.15. The van der Waals surface area contributed by atoms with Crippen LogP contribution in [-0.4, -0.2) is 60.5 Å². The maximum Gasteiger partial charge on any atom is 0.0942 e. The van der Waals surface area contributed by atoms with Crippen LogP contribution >= 0.6 is 0 Å². The van der Waals surface area contributed by atoms with Gasteiger partial charge in [0, 0.05) is 24.0 Å². The molecule has 1 fully saturated rings. The van der Waals surface area contributed by atoms with Gasteiger partial charge >= 0.3 is 0 Å². The normalized spacial score (nSPS) is 18.8. The molecule has 112 valence electrons. The lowest BCUT2D eigenvalue weighted by molar-refractivity contribution is 0.105. The number of nitrogens with one attached hydrogen (secondary N) is 2. The molecule has 5 heteroatoms. The molecule has 0 saturated carbocycles. The maximum absolute atomic E-state index is 9.28. The third-order valence-corrected chi connectivity index (χ3v) is 3.73. The van der Waals surface area contributed by atoms with Crippen molar-refractivity contribution in [3.8, 4) is 0 Å². The number of benzene rings is 1. The molecule has 0 amide bonds. The Balaban J connectivity index is 1.79. The molecule has 0 radical (unpaired) electrons. The second-order valence-corrected chi connectivity index (χ2v) is 5.52. The zero-order valence-electron chi connectivity index (χ0n) is 12.0. The number of hydrogen-bond acceptors (Lipinski definition) is 5. The standard InChI is InChI=1S/C15H25N3O2/c1-18-8-6-14(7-9-18)17-13-4-2-12(3-5-13)16-10-15(20)11-19/h2-5,14-17,19-20H,6-11H2,1H3. The molecule has 4 N–H and O–H groups in total. The zero-order chi connectivity index (χ0) is 14.4. The van der Waals surface area contributed by atoms with Gasteiger partial charge in [-0.2, -0.15) is 0 Å². The molecule has 1 aromatic carbocycles. The molecular formula is C15H25N3O2. The first-order valence-corrected chi connectivity index (χ1v) is 7.25. The van der Waals surface area contributed by atoms with Crippen LogP contribution in [0.3, 0.4) is 0 Å². The fourth-order valence-electron chi connectivity index (χ4n) is 2.37. The van der Waals surface area contributed by atoms with Crippen LogP contribution in [0.4, 0.5) is 11.4 Å². The van der Waals surface area contributed by atoms with Crippen LogP contribution in [0.2, 0.25) is 0 Å². The van der Waals surface area contributed by atoms with E-state index in [2.05, 4.69) is 22.6 Å². The van der Waals surface area contributed by atoms with Crippen molar-refractivity contribution in [3.63, 3.8) is 0 Å². The van der Waals surface area contributed by atoms with E-state index < -0.39 is 6.10 Å². The maximum atomic E-state index is 9.28. The molecule has 1 unspecified atom stereocenters. The van der Waals surface area contributed by atoms with E-state index in [1.807, 2.05) is 24.3 Å². The van der Waals surface area contributed by atoms with E-state index in [0.717, 1.165) is 24.5 Å². The smallest absolute Gasteiger partial charge is 0.0942 e. The van der Waals surface area contributed by atoms with E-state index in [1.165, 1.54) is 12.8 Å². The van der Waals surface area contributed by atoms with E-state index in [1.54, 1.807) is 0 Å². The van der Waals surface area contributed by atoms with Crippen molar-refractivity contribution in [1.82, 2.24) is 4.90 Å².